The average Bonchev–Trinajstić information content (AvgIpc) is 2.74. The number of piperazine rings is 1. The third kappa shape index (κ3) is 4.30. The zero-order chi connectivity index (χ0) is 21.3. The third-order valence-corrected chi connectivity index (χ3v) is 7.59. The zero-order valence-electron chi connectivity index (χ0n) is 16.9. The minimum Gasteiger partial charge on any atom is -0.326 e. The van der Waals surface area contributed by atoms with Gasteiger partial charge in [0.2, 0.25) is 15.9 Å². The fourth-order valence-electron chi connectivity index (χ4n) is 3.84. The lowest BCUT2D eigenvalue weighted by atomic mass is 9.98. The Hall–Kier alpha value is -2.55. The van der Waals surface area contributed by atoms with Crippen molar-refractivity contribution in [3.05, 3.63) is 59.2 Å². The van der Waals surface area contributed by atoms with Gasteiger partial charge in [-0.15, -0.1) is 0 Å². The molecule has 158 valence electrons. The maximum atomic E-state index is 12.8. The van der Waals surface area contributed by atoms with Crippen LogP contribution in [-0.2, 0) is 21.2 Å². The van der Waals surface area contributed by atoms with Gasteiger partial charge in [-0.2, -0.15) is 4.31 Å². The van der Waals surface area contributed by atoms with E-state index in [9.17, 15) is 18.0 Å². The summed E-state index contributed by atoms with van der Waals surface area (Å²) in [4.78, 5) is 26.5. The van der Waals surface area contributed by atoms with E-state index < -0.39 is 10.0 Å². The molecule has 2 aromatic carbocycles. The highest BCUT2D eigenvalue weighted by molar-refractivity contribution is 7.89. The molecular formula is C22H25N3O4S. The normalized spacial score (nSPS) is 18.0. The number of nitrogens with zero attached hydrogens (tertiary/aromatic N) is 2. The van der Waals surface area contributed by atoms with Crippen molar-refractivity contribution in [3.8, 4) is 0 Å². The van der Waals surface area contributed by atoms with Gasteiger partial charge < -0.3 is 5.32 Å². The number of amides is 1. The van der Waals surface area contributed by atoms with Gasteiger partial charge in [-0.3, -0.25) is 14.5 Å². The highest BCUT2D eigenvalue weighted by Gasteiger charge is 2.29. The molecule has 0 saturated carbocycles. The number of carbonyl (C=O) groups excluding carboxylic acids is 2. The lowest BCUT2D eigenvalue weighted by Crippen LogP contribution is -2.49. The Morgan fingerprint density at radius 2 is 1.70 bits per heavy atom. The van der Waals surface area contributed by atoms with E-state index in [0.29, 0.717) is 49.5 Å². The molecule has 4 rings (SSSR count). The summed E-state index contributed by atoms with van der Waals surface area (Å²) in [5.41, 5.74) is 3.40. The first-order chi connectivity index (χ1) is 14.3. The van der Waals surface area contributed by atoms with Crippen molar-refractivity contribution in [3.63, 3.8) is 0 Å². The molecule has 2 aliphatic heterocycles. The molecule has 0 unspecified atom stereocenters. The molecular weight excluding hydrogens is 402 g/mol. The van der Waals surface area contributed by atoms with E-state index in [-0.39, 0.29) is 18.2 Å². The zero-order valence-corrected chi connectivity index (χ0v) is 17.7. The fraction of sp³-hybridized carbons (Fsp3) is 0.364. The van der Waals surface area contributed by atoms with Gasteiger partial charge in [0.05, 0.1) is 11.4 Å². The van der Waals surface area contributed by atoms with Gasteiger partial charge in [0, 0.05) is 43.9 Å². The van der Waals surface area contributed by atoms with E-state index >= 15 is 0 Å². The number of benzene rings is 2. The molecule has 0 bridgehead atoms. The Balaban J connectivity index is 1.36. The Morgan fingerprint density at radius 1 is 1.00 bits per heavy atom. The molecule has 0 atom stereocenters. The van der Waals surface area contributed by atoms with Gasteiger partial charge in [-0.1, -0.05) is 17.7 Å². The van der Waals surface area contributed by atoms with Crippen molar-refractivity contribution >= 4 is 27.4 Å². The molecule has 1 amide bonds. The number of carbonyl (C=O) groups is 2. The molecule has 0 spiro atoms. The van der Waals surface area contributed by atoms with Crippen LogP contribution < -0.4 is 5.32 Å². The van der Waals surface area contributed by atoms with Crippen LogP contribution in [0.25, 0.3) is 0 Å². The molecule has 2 heterocycles. The van der Waals surface area contributed by atoms with Crippen LogP contribution in [0, 0.1) is 6.92 Å². The molecule has 2 aliphatic rings. The summed E-state index contributed by atoms with van der Waals surface area (Å²) in [7, 11) is -3.51. The summed E-state index contributed by atoms with van der Waals surface area (Å²) in [6.07, 6.45) is 1.07. The maximum absolute atomic E-state index is 12.8. The second-order valence-corrected chi connectivity index (χ2v) is 9.77. The largest absolute Gasteiger partial charge is 0.326 e. The summed E-state index contributed by atoms with van der Waals surface area (Å²) in [6.45, 7) is 3.92. The number of hydrogen-bond donors (Lipinski definition) is 1. The standard InChI is InChI=1S/C22H25N3O4S/c1-16-2-6-19(7-3-16)30(28,29)25-12-10-24(11-13-25)15-21(26)18-4-8-20-17(14-18)5-9-22(27)23-20/h2-4,6-8,14H,5,9-13,15H2,1H3,(H,23,27). The van der Waals surface area contributed by atoms with Crippen molar-refractivity contribution in [2.75, 3.05) is 38.0 Å². The van der Waals surface area contributed by atoms with E-state index in [1.165, 1.54) is 4.31 Å². The summed E-state index contributed by atoms with van der Waals surface area (Å²) in [5, 5.41) is 2.82. The van der Waals surface area contributed by atoms with Gasteiger partial charge in [-0.05, 0) is 49.2 Å². The topological polar surface area (TPSA) is 86.8 Å². The Morgan fingerprint density at radius 3 is 2.40 bits per heavy atom. The summed E-state index contributed by atoms with van der Waals surface area (Å²) in [6, 6.07) is 12.3. The van der Waals surface area contributed by atoms with Crippen molar-refractivity contribution in [1.29, 1.82) is 0 Å². The Labute approximate surface area is 176 Å². The molecule has 0 aromatic heterocycles. The van der Waals surface area contributed by atoms with E-state index in [1.54, 1.807) is 36.4 Å². The SMILES string of the molecule is Cc1ccc(S(=O)(=O)N2CCN(CC(=O)c3ccc4c(c3)CCC(=O)N4)CC2)cc1. The number of sulfonamides is 1. The van der Waals surface area contributed by atoms with Crippen LogP contribution in [0.1, 0.15) is 27.9 Å². The van der Waals surface area contributed by atoms with Gasteiger partial charge >= 0.3 is 0 Å². The van der Waals surface area contributed by atoms with Crippen LogP contribution in [0.4, 0.5) is 5.69 Å². The summed E-state index contributed by atoms with van der Waals surface area (Å²) in [5.74, 6) is 0.00424. The summed E-state index contributed by atoms with van der Waals surface area (Å²) < 4.78 is 27.1. The van der Waals surface area contributed by atoms with Crippen molar-refractivity contribution in [1.82, 2.24) is 9.21 Å². The molecule has 0 radical (unpaired) electrons. The fourth-order valence-corrected chi connectivity index (χ4v) is 5.26. The van der Waals surface area contributed by atoms with Crippen LogP contribution in [-0.4, -0.2) is 62.0 Å². The van der Waals surface area contributed by atoms with Crippen LogP contribution in [0.5, 0.6) is 0 Å². The lowest BCUT2D eigenvalue weighted by Gasteiger charge is -2.33. The molecule has 30 heavy (non-hydrogen) atoms. The van der Waals surface area contributed by atoms with Crippen molar-refractivity contribution in [2.45, 2.75) is 24.7 Å². The predicted molar refractivity (Wildman–Crippen MR) is 114 cm³/mol. The second kappa shape index (κ2) is 8.29. The van der Waals surface area contributed by atoms with Gasteiger partial charge in [0.25, 0.3) is 0 Å². The van der Waals surface area contributed by atoms with Gasteiger partial charge in [0.1, 0.15) is 0 Å². The number of ketones is 1. The van der Waals surface area contributed by atoms with E-state index in [1.807, 2.05) is 17.9 Å². The number of hydrogen-bond acceptors (Lipinski definition) is 5. The highest BCUT2D eigenvalue weighted by atomic mass is 32.2. The lowest BCUT2D eigenvalue weighted by molar-refractivity contribution is -0.116. The molecule has 1 fully saturated rings. The first kappa shape index (κ1) is 20.7. The number of nitrogens with one attached hydrogen (secondary N) is 1. The average molecular weight is 428 g/mol. The predicted octanol–water partition coefficient (Wildman–Crippen LogP) is 2.07. The second-order valence-electron chi connectivity index (χ2n) is 7.84. The van der Waals surface area contributed by atoms with Gasteiger partial charge in [0.15, 0.2) is 5.78 Å². The van der Waals surface area contributed by atoms with E-state index in [4.69, 9.17) is 0 Å². The quantitative estimate of drug-likeness (QED) is 0.739. The molecule has 7 nitrogen and oxygen atoms in total. The van der Waals surface area contributed by atoms with E-state index in [2.05, 4.69) is 5.32 Å². The van der Waals surface area contributed by atoms with Crippen LogP contribution in [0.2, 0.25) is 0 Å². The first-order valence-electron chi connectivity index (χ1n) is 10.1. The van der Waals surface area contributed by atoms with Crippen molar-refractivity contribution in [2.24, 2.45) is 0 Å². The van der Waals surface area contributed by atoms with Crippen LogP contribution in [0.3, 0.4) is 0 Å². The number of rotatable bonds is 5. The molecule has 2 aromatic rings. The molecule has 1 N–H and O–H groups in total. The minimum absolute atomic E-state index is 0.0000343. The number of fused-ring (bicyclic) bond motifs is 1. The third-order valence-electron chi connectivity index (χ3n) is 5.68. The molecule has 8 heteroatoms. The Kier molecular flexibility index (Phi) is 5.73. The number of Topliss-reactive ketones (excluding diaryl/α,β-unsaturated/α-hetero) is 1. The van der Waals surface area contributed by atoms with Gasteiger partial charge in [-0.25, -0.2) is 8.42 Å². The monoisotopic (exact) mass is 427 g/mol. The number of aryl methyl sites for hydroxylation is 2. The smallest absolute Gasteiger partial charge is 0.243 e. The molecule has 1 saturated heterocycles. The van der Waals surface area contributed by atoms with Crippen molar-refractivity contribution < 1.29 is 18.0 Å². The molecule has 0 aliphatic carbocycles. The summed E-state index contributed by atoms with van der Waals surface area (Å²) >= 11 is 0. The first-order valence-corrected chi connectivity index (χ1v) is 11.5. The van der Waals surface area contributed by atoms with E-state index in [0.717, 1.165) is 16.8 Å². The van der Waals surface area contributed by atoms with Crippen LogP contribution >= 0.6 is 0 Å². The maximum Gasteiger partial charge on any atom is 0.243 e. The number of anilines is 1. The minimum atomic E-state index is -3.51. The highest BCUT2D eigenvalue weighted by Crippen LogP contribution is 2.24. The Bertz CT molecular complexity index is 1070. The van der Waals surface area contributed by atoms with Crippen LogP contribution in [0.15, 0.2) is 47.4 Å².